The molecule has 0 aromatic heterocycles. The third kappa shape index (κ3) is 4.70. The molecule has 0 aliphatic carbocycles. The van der Waals surface area contributed by atoms with Gasteiger partial charge in [-0.05, 0) is 36.8 Å². The number of carbonyl (C=O) groups is 1. The zero-order valence-corrected chi connectivity index (χ0v) is 14.0. The fraction of sp³-hybridized carbons (Fsp3) is 0.111. The maximum absolute atomic E-state index is 10.7. The van der Waals surface area contributed by atoms with Crippen LogP contribution in [0.3, 0.4) is 0 Å². The van der Waals surface area contributed by atoms with Gasteiger partial charge in [-0.15, -0.1) is 0 Å². The summed E-state index contributed by atoms with van der Waals surface area (Å²) in [6, 6.07) is 15.0. The zero-order chi connectivity index (χ0) is 16.8. The molecule has 0 radical (unpaired) electrons. The Hall–Kier alpha value is -2.58. The number of halogens is 1. The van der Waals surface area contributed by atoms with Crippen LogP contribution in [0.15, 0.2) is 46.9 Å². The highest BCUT2D eigenvalue weighted by atomic mass is 79.9. The van der Waals surface area contributed by atoms with Gasteiger partial charge in [0.2, 0.25) is 0 Å². The molecule has 116 valence electrons. The van der Waals surface area contributed by atoms with E-state index in [2.05, 4.69) is 22.0 Å². The van der Waals surface area contributed by atoms with Crippen molar-refractivity contribution in [2.75, 3.05) is 6.61 Å². The van der Waals surface area contributed by atoms with Crippen LogP contribution in [0.4, 0.5) is 0 Å². The van der Waals surface area contributed by atoms with Gasteiger partial charge in [0.05, 0.1) is 11.6 Å². The quantitative estimate of drug-likeness (QED) is 0.628. The molecule has 0 saturated carbocycles. The van der Waals surface area contributed by atoms with Gasteiger partial charge >= 0.3 is 5.97 Å². The Morgan fingerprint density at radius 3 is 2.78 bits per heavy atom. The molecule has 2 aromatic carbocycles. The third-order valence-electron chi connectivity index (χ3n) is 3.07. The van der Waals surface area contributed by atoms with Gasteiger partial charge in [-0.1, -0.05) is 45.8 Å². The van der Waals surface area contributed by atoms with Gasteiger partial charge in [0, 0.05) is 10.0 Å². The van der Waals surface area contributed by atoms with E-state index in [4.69, 9.17) is 9.84 Å². The van der Waals surface area contributed by atoms with E-state index in [1.54, 1.807) is 24.3 Å². The first-order chi connectivity index (χ1) is 11.0. The van der Waals surface area contributed by atoms with Gasteiger partial charge in [0.25, 0.3) is 0 Å². The van der Waals surface area contributed by atoms with Crippen LogP contribution in [0, 0.1) is 18.3 Å². The number of nitriles is 1. The van der Waals surface area contributed by atoms with Gasteiger partial charge in [-0.25, -0.2) is 4.79 Å². The summed E-state index contributed by atoms with van der Waals surface area (Å²) in [5, 5.41) is 18.2. The average Bonchev–Trinajstić information content (AvgIpc) is 2.51. The van der Waals surface area contributed by atoms with E-state index in [0.29, 0.717) is 16.9 Å². The Balaban J connectivity index is 2.44. The summed E-state index contributed by atoms with van der Waals surface area (Å²) < 4.78 is 6.10. The molecule has 0 bridgehead atoms. The molecular weight excluding hydrogens is 358 g/mol. The van der Waals surface area contributed by atoms with E-state index in [0.717, 1.165) is 15.6 Å². The van der Waals surface area contributed by atoms with Gasteiger partial charge < -0.3 is 9.84 Å². The minimum atomic E-state index is -1.05. The second kappa shape index (κ2) is 7.61. The highest BCUT2D eigenvalue weighted by molar-refractivity contribution is 9.10. The number of carboxylic acids is 1. The predicted octanol–water partition coefficient (Wildman–Crippen LogP) is 4.29. The lowest BCUT2D eigenvalue weighted by Crippen LogP contribution is -2.10. The molecule has 0 aliphatic heterocycles. The van der Waals surface area contributed by atoms with E-state index < -0.39 is 12.6 Å². The molecule has 0 amide bonds. The van der Waals surface area contributed by atoms with Gasteiger partial charge in [0.1, 0.15) is 5.75 Å². The molecular formula is C18H14BrNO3. The number of aryl methyl sites for hydroxylation is 1. The molecule has 0 atom stereocenters. The summed E-state index contributed by atoms with van der Waals surface area (Å²) in [5.74, 6) is -0.641. The molecule has 0 unspecified atom stereocenters. The van der Waals surface area contributed by atoms with Gasteiger partial charge in [0.15, 0.2) is 6.61 Å². The molecule has 0 saturated heterocycles. The number of rotatable bonds is 5. The Morgan fingerprint density at radius 2 is 2.13 bits per heavy atom. The Bertz CT molecular complexity index is 806. The lowest BCUT2D eigenvalue weighted by Gasteiger charge is -2.09. The molecule has 0 aliphatic rings. The SMILES string of the molecule is Cc1cccc(/C(C#N)=C\c2cc(Br)ccc2OCC(=O)O)c1. The van der Waals surface area contributed by atoms with E-state index in [9.17, 15) is 10.1 Å². The lowest BCUT2D eigenvalue weighted by atomic mass is 10.0. The molecule has 0 fully saturated rings. The molecule has 23 heavy (non-hydrogen) atoms. The van der Waals surface area contributed by atoms with E-state index in [1.165, 1.54) is 0 Å². The Kier molecular flexibility index (Phi) is 5.56. The first-order valence-electron chi connectivity index (χ1n) is 6.82. The molecule has 4 nitrogen and oxygen atoms in total. The summed E-state index contributed by atoms with van der Waals surface area (Å²) in [5.41, 5.74) is 2.97. The van der Waals surface area contributed by atoms with Crippen LogP contribution < -0.4 is 4.74 Å². The Labute approximate surface area is 142 Å². The number of hydrogen-bond acceptors (Lipinski definition) is 3. The molecule has 2 aromatic rings. The molecule has 0 spiro atoms. The van der Waals surface area contributed by atoms with Crippen molar-refractivity contribution >= 4 is 33.5 Å². The maximum atomic E-state index is 10.7. The minimum Gasteiger partial charge on any atom is -0.481 e. The summed E-state index contributed by atoms with van der Waals surface area (Å²) in [7, 11) is 0. The van der Waals surface area contributed by atoms with E-state index >= 15 is 0 Å². The van der Waals surface area contributed by atoms with Crippen molar-refractivity contribution in [2.45, 2.75) is 6.92 Å². The van der Waals surface area contributed by atoms with Crippen molar-refractivity contribution in [1.29, 1.82) is 5.26 Å². The lowest BCUT2D eigenvalue weighted by molar-refractivity contribution is -0.139. The molecule has 0 heterocycles. The molecule has 1 N–H and O–H groups in total. The standard InChI is InChI=1S/C18H14BrNO3/c1-12-3-2-4-13(7-12)15(10-20)8-14-9-16(19)5-6-17(14)23-11-18(21)22/h2-9H,11H2,1H3,(H,21,22)/b15-8-. The van der Waals surface area contributed by atoms with Crippen molar-refractivity contribution in [3.8, 4) is 11.8 Å². The number of nitrogens with zero attached hydrogens (tertiary/aromatic N) is 1. The van der Waals surface area contributed by atoms with E-state index in [1.807, 2.05) is 31.2 Å². The van der Waals surface area contributed by atoms with Crippen molar-refractivity contribution in [3.63, 3.8) is 0 Å². The van der Waals surface area contributed by atoms with Crippen LogP contribution in [0.1, 0.15) is 16.7 Å². The van der Waals surface area contributed by atoms with Crippen molar-refractivity contribution < 1.29 is 14.6 Å². The first kappa shape index (κ1) is 16.8. The third-order valence-corrected chi connectivity index (χ3v) is 3.57. The average molecular weight is 372 g/mol. The number of hydrogen-bond donors (Lipinski definition) is 1. The summed E-state index contributed by atoms with van der Waals surface area (Å²) in [4.78, 5) is 10.7. The molecule has 2 rings (SSSR count). The van der Waals surface area contributed by atoms with Crippen molar-refractivity contribution in [1.82, 2.24) is 0 Å². The second-order valence-corrected chi connectivity index (χ2v) is 5.82. The largest absolute Gasteiger partial charge is 0.481 e. The van der Waals surface area contributed by atoms with Gasteiger partial charge in [-0.2, -0.15) is 5.26 Å². The summed E-state index contributed by atoms with van der Waals surface area (Å²) in [6.45, 7) is 1.52. The normalized spacial score (nSPS) is 10.9. The van der Waals surface area contributed by atoms with Crippen LogP contribution >= 0.6 is 15.9 Å². The number of aliphatic carboxylic acids is 1. The fourth-order valence-corrected chi connectivity index (χ4v) is 2.43. The second-order valence-electron chi connectivity index (χ2n) is 4.90. The van der Waals surface area contributed by atoms with Crippen LogP contribution in [-0.4, -0.2) is 17.7 Å². The number of allylic oxidation sites excluding steroid dienone is 1. The van der Waals surface area contributed by atoms with Crippen LogP contribution in [0.5, 0.6) is 5.75 Å². The van der Waals surface area contributed by atoms with E-state index in [-0.39, 0.29) is 0 Å². The zero-order valence-electron chi connectivity index (χ0n) is 12.4. The highest BCUT2D eigenvalue weighted by Gasteiger charge is 2.08. The topological polar surface area (TPSA) is 70.3 Å². The highest BCUT2D eigenvalue weighted by Crippen LogP contribution is 2.28. The summed E-state index contributed by atoms with van der Waals surface area (Å²) in [6.07, 6.45) is 1.69. The molecule has 5 heteroatoms. The number of carboxylic acid groups (broad SMARTS) is 1. The van der Waals surface area contributed by atoms with Gasteiger partial charge in [-0.3, -0.25) is 0 Å². The van der Waals surface area contributed by atoms with Crippen molar-refractivity contribution in [2.24, 2.45) is 0 Å². The fourth-order valence-electron chi connectivity index (χ4n) is 2.05. The minimum absolute atomic E-state index is 0.413. The maximum Gasteiger partial charge on any atom is 0.341 e. The number of ether oxygens (including phenoxy) is 1. The predicted molar refractivity (Wildman–Crippen MR) is 91.9 cm³/mol. The first-order valence-corrected chi connectivity index (χ1v) is 7.62. The van der Waals surface area contributed by atoms with Crippen LogP contribution in [0.2, 0.25) is 0 Å². The van der Waals surface area contributed by atoms with Crippen molar-refractivity contribution in [3.05, 3.63) is 63.6 Å². The smallest absolute Gasteiger partial charge is 0.341 e. The van der Waals surface area contributed by atoms with Crippen LogP contribution in [-0.2, 0) is 4.79 Å². The monoisotopic (exact) mass is 371 g/mol. The van der Waals surface area contributed by atoms with Crippen LogP contribution in [0.25, 0.3) is 11.6 Å². The summed E-state index contributed by atoms with van der Waals surface area (Å²) >= 11 is 3.37. The Morgan fingerprint density at radius 1 is 1.35 bits per heavy atom. The number of benzene rings is 2.